The fourth-order valence-electron chi connectivity index (χ4n) is 4.98. The van der Waals surface area contributed by atoms with E-state index in [-0.39, 0.29) is 11.9 Å². The Bertz CT molecular complexity index is 895. The summed E-state index contributed by atoms with van der Waals surface area (Å²) in [5, 5.41) is 8.08. The van der Waals surface area contributed by atoms with E-state index in [1.165, 1.54) is 11.1 Å². The molecule has 2 aliphatic heterocycles. The number of nitrogens with zero attached hydrogens (tertiary/aromatic N) is 4. The Morgan fingerprint density at radius 3 is 2.66 bits per heavy atom. The summed E-state index contributed by atoms with van der Waals surface area (Å²) < 4.78 is 0. The molecule has 0 aliphatic carbocycles. The molecule has 156 valence electrons. The van der Waals surface area contributed by atoms with Gasteiger partial charge in [-0.2, -0.15) is 5.10 Å². The summed E-state index contributed by atoms with van der Waals surface area (Å²) in [7, 11) is 3.91. The van der Waals surface area contributed by atoms with Gasteiger partial charge in [0.15, 0.2) is 0 Å². The van der Waals surface area contributed by atoms with Crippen molar-refractivity contribution < 1.29 is 4.79 Å². The minimum absolute atomic E-state index is 0.134. The molecule has 0 unspecified atom stereocenters. The van der Waals surface area contributed by atoms with E-state index in [0.717, 1.165) is 42.6 Å². The van der Waals surface area contributed by atoms with E-state index in [4.69, 9.17) is 11.6 Å². The third-order valence-corrected chi connectivity index (χ3v) is 6.83. The zero-order chi connectivity index (χ0) is 20.7. The maximum Gasteiger partial charge on any atom is 0.237 e. The second-order valence-electron chi connectivity index (χ2n) is 8.81. The van der Waals surface area contributed by atoms with Crippen molar-refractivity contribution in [3.63, 3.8) is 0 Å². The number of aromatic nitrogens is 2. The van der Waals surface area contributed by atoms with Crippen molar-refractivity contribution in [2.24, 2.45) is 11.8 Å². The molecule has 7 heteroatoms. The number of carbonyl (C=O) groups is 1. The number of likely N-dealkylation sites (N-methyl/N-ethyl adjacent to an activating group) is 1. The number of hydrogen-bond acceptors (Lipinski definition) is 4. The van der Waals surface area contributed by atoms with E-state index < -0.39 is 0 Å². The van der Waals surface area contributed by atoms with Gasteiger partial charge in [0.2, 0.25) is 5.91 Å². The first-order chi connectivity index (χ1) is 13.8. The van der Waals surface area contributed by atoms with Gasteiger partial charge in [0, 0.05) is 32.1 Å². The molecule has 1 N–H and O–H groups in total. The largest absolute Gasteiger partial charge is 0.334 e. The van der Waals surface area contributed by atoms with Gasteiger partial charge >= 0.3 is 0 Å². The molecule has 0 radical (unpaired) electrons. The normalized spacial score (nSPS) is 24.5. The predicted molar refractivity (Wildman–Crippen MR) is 115 cm³/mol. The highest BCUT2D eigenvalue weighted by molar-refractivity contribution is 6.31. The van der Waals surface area contributed by atoms with Gasteiger partial charge in [-0.25, -0.2) is 0 Å². The van der Waals surface area contributed by atoms with Crippen LogP contribution in [0.25, 0.3) is 0 Å². The summed E-state index contributed by atoms with van der Waals surface area (Å²) >= 11 is 6.39. The monoisotopic (exact) mass is 415 g/mol. The van der Waals surface area contributed by atoms with Crippen LogP contribution in [0.15, 0.2) is 24.3 Å². The van der Waals surface area contributed by atoms with Crippen LogP contribution in [-0.2, 0) is 11.3 Å². The number of halogens is 1. The van der Waals surface area contributed by atoms with Gasteiger partial charge in [-0.05, 0) is 45.0 Å². The molecule has 1 amide bonds. The number of hydrogen-bond donors (Lipinski definition) is 1. The molecule has 29 heavy (non-hydrogen) atoms. The number of fused-ring (bicyclic) bond motifs is 1. The summed E-state index contributed by atoms with van der Waals surface area (Å²) in [6.45, 7) is 8.05. The molecule has 2 aliphatic rings. The third-order valence-electron chi connectivity index (χ3n) is 6.33. The maximum absolute atomic E-state index is 13.0. The van der Waals surface area contributed by atoms with Gasteiger partial charge in [-0.1, -0.05) is 35.9 Å². The minimum Gasteiger partial charge on any atom is -0.334 e. The van der Waals surface area contributed by atoms with Crippen LogP contribution in [0.2, 0.25) is 5.02 Å². The van der Waals surface area contributed by atoms with Crippen LogP contribution in [0.1, 0.15) is 28.6 Å². The molecule has 3 atom stereocenters. The standard InChI is InChI=1S/C22H30ClN5O/c1-14-7-5-6-8-17(14)22-18-11-27(12-19-21(23)15(2)24-25-19)9-16(18)10-28(22)20(29)13-26(3)4/h5-8,16,18,22H,9-13H2,1-4H3,(H,24,25)/t16-,18-,22+/m1/s1. The van der Waals surface area contributed by atoms with E-state index in [1.807, 2.05) is 25.9 Å². The molecule has 0 saturated carbocycles. The molecule has 2 fully saturated rings. The average Bonchev–Trinajstić information content (AvgIpc) is 3.30. The van der Waals surface area contributed by atoms with Crippen molar-refractivity contribution in [2.45, 2.75) is 26.4 Å². The molecule has 0 bridgehead atoms. The van der Waals surface area contributed by atoms with Gasteiger partial charge in [0.05, 0.1) is 29.0 Å². The lowest BCUT2D eigenvalue weighted by Crippen LogP contribution is -2.40. The second-order valence-corrected chi connectivity index (χ2v) is 9.19. The Morgan fingerprint density at radius 1 is 1.24 bits per heavy atom. The van der Waals surface area contributed by atoms with E-state index in [2.05, 4.69) is 51.2 Å². The van der Waals surface area contributed by atoms with Crippen LogP contribution < -0.4 is 0 Å². The number of nitrogens with one attached hydrogen (secondary N) is 1. The van der Waals surface area contributed by atoms with Gasteiger partial charge in [0.1, 0.15) is 0 Å². The number of carbonyl (C=O) groups excluding carboxylic acids is 1. The summed E-state index contributed by atoms with van der Waals surface area (Å²) in [6.07, 6.45) is 0. The Labute approximate surface area is 177 Å². The smallest absolute Gasteiger partial charge is 0.237 e. The highest BCUT2D eigenvalue weighted by Gasteiger charge is 2.49. The van der Waals surface area contributed by atoms with Crippen molar-refractivity contribution in [3.8, 4) is 0 Å². The third kappa shape index (κ3) is 3.93. The average molecular weight is 416 g/mol. The Hall–Kier alpha value is -1.89. The molecule has 1 aromatic heterocycles. The topological polar surface area (TPSA) is 55.5 Å². The summed E-state index contributed by atoms with van der Waals surface area (Å²) in [5.41, 5.74) is 4.37. The number of benzene rings is 1. The number of aryl methyl sites for hydroxylation is 2. The van der Waals surface area contributed by atoms with Crippen molar-refractivity contribution in [1.82, 2.24) is 24.9 Å². The second kappa shape index (κ2) is 8.09. The molecule has 2 saturated heterocycles. The fourth-order valence-corrected chi connectivity index (χ4v) is 5.13. The summed E-state index contributed by atoms with van der Waals surface area (Å²) in [4.78, 5) is 19.6. The van der Waals surface area contributed by atoms with Gasteiger partial charge in [-0.3, -0.25) is 14.8 Å². The van der Waals surface area contributed by atoms with E-state index in [1.54, 1.807) is 0 Å². The van der Waals surface area contributed by atoms with Crippen molar-refractivity contribution in [1.29, 1.82) is 0 Å². The van der Waals surface area contributed by atoms with E-state index in [0.29, 0.717) is 18.4 Å². The Balaban J connectivity index is 1.57. The molecule has 0 spiro atoms. The lowest BCUT2D eigenvalue weighted by molar-refractivity contribution is -0.133. The number of rotatable bonds is 5. The Morgan fingerprint density at radius 2 is 2.00 bits per heavy atom. The molecule has 2 aromatic rings. The van der Waals surface area contributed by atoms with Gasteiger partial charge < -0.3 is 9.80 Å². The van der Waals surface area contributed by atoms with Crippen molar-refractivity contribution in [3.05, 3.63) is 51.8 Å². The first kappa shape index (κ1) is 20.4. The first-order valence-corrected chi connectivity index (χ1v) is 10.6. The molecular formula is C22H30ClN5O. The zero-order valence-electron chi connectivity index (χ0n) is 17.7. The van der Waals surface area contributed by atoms with E-state index >= 15 is 0 Å². The highest BCUT2D eigenvalue weighted by Crippen LogP contribution is 2.46. The lowest BCUT2D eigenvalue weighted by Gasteiger charge is -2.31. The number of H-pyrrole nitrogens is 1. The number of amides is 1. The van der Waals surface area contributed by atoms with Crippen LogP contribution in [0.4, 0.5) is 0 Å². The fraction of sp³-hybridized carbons (Fsp3) is 0.545. The van der Waals surface area contributed by atoms with Crippen molar-refractivity contribution in [2.75, 3.05) is 40.3 Å². The summed E-state index contributed by atoms with van der Waals surface area (Å²) in [6, 6.07) is 8.63. The summed E-state index contributed by atoms with van der Waals surface area (Å²) in [5.74, 6) is 1.13. The van der Waals surface area contributed by atoms with E-state index in [9.17, 15) is 4.79 Å². The van der Waals surface area contributed by atoms with Crippen LogP contribution in [0, 0.1) is 25.7 Å². The van der Waals surface area contributed by atoms with Crippen LogP contribution in [-0.4, -0.2) is 71.1 Å². The first-order valence-electron chi connectivity index (χ1n) is 10.3. The predicted octanol–water partition coefficient (Wildman–Crippen LogP) is 2.87. The molecule has 6 nitrogen and oxygen atoms in total. The van der Waals surface area contributed by atoms with Crippen LogP contribution >= 0.6 is 11.6 Å². The number of aromatic amines is 1. The number of likely N-dealkylation sites (tertiary alicyclic amines) is 2. The Kier molecular flexibility index (Phi) is 5.69. The molecule has 3 heterocycles. The van der Waals surface area contributed by atoms with Crippen LogP contribution in [0.3, 0.4) is 0 Å². The van der Waals surface area contributed by atoms with Gasteiger partial charge in [-0.15, -0.1) is 0 Å². The van der Waals surface area contributed by atoms with Crippen molar-refractivity contribution >= 4 is 17.5 Å². The quantitative estimate of drug-likeness (QED) is 0.815. The highest BCUT2D eigenvalue weighted by atomic mass is 35.5. The molecule has 4 rings (SSSR count). The van der Waals surface area contributed by atoms with Gasteiger partial charge in [0.25, 0.3) is 0 Å². The molecule has 1 aromatic carbocycles. The minimum atomic E-state index is 0.134. The maximum atomic E-state index is 13.0. The molecular weight excluding hydrogens is 386 g/mol. The SMILES string of the molecule is Cc1ccccc1[C@H]1[C@@H]2CN(Cc3n[nH]c(C)c3Cl)C[C@@H]2CN1C(=O)CN(C)C. The lowest BCUT2D eigenvalue weighted by atomic mass is 9.87. The zero-order valence-corrected chi connectivity index (χ0v) is 18.4. The van der Waals surface area contributed by atoms with Crippen LogP contribution in [0.5, 0.6) is 0 Å².